The molecule has 0 N–H and O–H groups in total. The zero-order valence-electron chi connectivity index (χ0n) is 11.5. The Labute approximate surface area is 103 Å². The van der Waals surface area contributed by atoms with Crippen molar-refractivity contribution < 1.29 is 4.43 Å². The van der Waals surface area contributed by atoms with Crippen LogP contribution in [0.1, 0.15) is 39.5 Å². The molecule has 0 aromatic heterocycles. The molecule has 0 radical (unpaired) electrons. The van der Waals surface area contributed by atoms with Crippen molar-refractivity contribution in [3.05, 3.63) is 24.8 Å². The lowest BCUT2D eigenvalue weighted by atomic mass is 10.1. The molecule has 0 bridgehead atoms. The summed E-state index contributed by atoms with van der Waals surface area (Å²) in [6, 6.07) is 1.02. The molecular weight excluding hydrogens is 212 g/mol. The highest BCUT2D eigenvalue weighted by molar-refractivity contribution is 6.71. The van der Waals surface area contributed by atoms with Gasteiger partial charge in [-0.25, -0.2) is 0 Å². The molecule has 0 rings (SSSR count). The molecule has 0 saturated heterocycles. The van der Waals surface area contributed by atoms with Crippen LogP contribution in [-0.2, 0) is 4.43 Å². The number of hydrogen-bond acceptors (Lipinski definition) is 1. The minimum absolute atomic E-state index is 0.258. The highest BCUT2D eigenvalue weighted by atomic mass is 28.4. The zero-order chi connectivity index (χ0) is 12.6. The van der Waals surface area contributed by atoms with Gasteiger partial charge in [0, 0.05) is 0 Å². The van der Waals surface area contributed by atoms with Crippen LogP contribution >= 0.6 is 0 Å². The van der Waals surface area contributed by atoms with Gasteiger partial charge in [-0.1, -0.05) is 44.4 Å². The van der Waals surface area contributed by atoms with Gasteiger partial charge in [-0.3, -0.25) is 0 Å². The first-order valence-corrected chi connectivity index (χ1v) is 9.48. The van der Waals surface area contributed by atoms with E-state index in [0.717, 1.165) is 12.5 Å². The van der Waals surface area contributed by atoms with Crippen molar-refractivity contribution in [2.75, 3.05) is 0 Å². The van der Waals surface area contributed by atoms with Crippen LogP contribution in [0.25, 0.3) is 0 Å². The van der Waals surface area contributed by atoms with Crippen LogP contribution in [0.3, 0.4) is 0 Å². The van der Waals surface area contributed by atoms with Gasteiger partial charge in [0.25, 0.3) is 0 Å². The molecule has 0 amide bonds. The van der Waals surface area contributed by atoms with Crippen LogP contribution in [-0.4, -0.2) is 14.4 Å². The Balaban J connectivity index is 4.21. The van der Waals surface area contributed by atoms with Crippen molar-refractivity contribution in [2.45, 2.75) is 64.8 Å². The molecule has 0 aliphatic rings. The van der Waals surface area contributed by atoms with Gasteiger partial charge in [-0.15, -0.1) is 6.58 Å². The van der Waals surface area contributed by atoms with E-state index in [-0.39, 0.29) is 6.10 Å². The highest BCUT2D eigenvalue weighted by Gasteiger charge is 2.25. The first kappa shape index (κ1) is 15.7. The van der Waals surface area contributed by atoms with Gasteiger partial charge in [0.15, 0.2) is 8.32 Å². The van der Waals surface area contributed by atoms with E-state index in [4.69, 9.17) is 4.43 Å². The lowest BCUT2D eigenvalue weighted by Crippen LogP contribution is -2.35. The lowest BCUT2D eigenvalue weighted by Gasteiger charge is -2.29. The van der Waals surface area contributed by atoms with Gasteiger partial charge in [0.05, 0.1) is 6.10 Å². The number of unbranched alkanes of at least 4 members (excludes halogenated alkanes) is 2. The molecular formula is C14H28OSi. The second-order valence-corrected chi connectivity index (χ2v) is 9.36. The monoisotopic (exact) mass is 240 g/mol. The fourth-order valence-electron chi connectivity index (χ4n) is 1.77. The molecule has 2 heteroatoms. The summed E-state index contributed by atoms with van der Waals surface area (Å²) in [6.07, 6.45) is 7.15. The third kappa shape index (κ3) is 7.02. The molecule has 94 valence electrons. The standard InChI is InChI=1S/C14H28OSi/c1-7-9-10-11-14(13(3)4)15-16(5,6)12-8-2/h8,14H,2-3,7,9-12H2,1,4-6H3/t14-/m0/s1. The Kier molecular flexibility index (Phi) is 7.69. The van der Waals surface area contributed by atoms with Gasteiger partial charge < -0.3 is 4.43 Å². The maximum absolute atomic E-state index is 6.25. The summed E-state index contributed by atoms with van der Waals surface area (Å²) in [7, 11) is -1.57. The van der Waals surface area contributed by atoms with E-state index in [1.54, 1.807) is 0 Å². The largest absolute Gasteiger partial charge is 0.411 e. The summed E-state index contributed by atoms with van der Waals surface area (Å²) in [6.45, 7) is 16.7. The number of hydrogen-bond donors (Lipinski definition) is 0. The summed E-state index contributed by atoms with van der Waals surface area (Å²) in [5.41, 5.74) is 1.17. The van der Waals surface area contributed by atoms with E-state index < -0.39 is 8.32 Å². The van der Waals surface area contributed by atoms with Gasteiger partial charge >= 0.3 is 0 Å². The Bertz CT molecular complexity index is 221. The van der Waals surface area contributed by atoms with E-state index in [0.29, 0.717) is 0 Å². The minimum atomic E-state index is -1.57. The van der Waals surface area contributed by atoms with Crippen LogP contribution in [0.15, 0.2) is 24.8 Å². The lowest BCUT2D eigenvalue weighted by molar-refractivity contribution is 0.213. The number of rotatable bonds is 9. The maximum atomic E-state index is 6.25. The molecule has 1 nitrogen and oxygen atoms in total. The predicted molar refractivity (Wildman–Crippen MR) is 76.3 cm³/mol. The fraction of sp³-hybridized carbons (Fsp3) is 0.714. The molecule has 1 atom stereocenters. The molecule has 0 aliphatic carbocycles. The van der Waals surface area contributed by atoms with Crippen molar-refractivity contribution in [1.29, 1.82) is 0 Å². The van der Waals surface area contributed by atoms with E-state index in [1.807, 2.05) is 6.08 Å². The smallest absolute Gasteiger partial charge is 0.191 e. The summed E-state index contributed by atoms with van der Waals surface area (Å²) in [5.74, 6) is 0. The molecule has 0 spiro atoms. The minimum Gasteiger partial charge on any atom is -0.411 e. The third-order valence-corrected chi connectivity index (χ3v) is 4.91. The Morgan fingerprint density at radius 1 is 1.38 bits per heavy atom. The normalized spacial score (nSPS) is 13.5. The molecule has 0 fully saturated rings. The van der Waals surface area contributed by atoms with E-state index in [2.05, 4.69) is 40.1 Å². The Hall–Kier alpha value is -0.343. The summed E-state index contributed by atoms with van der Waals surface area (Å²) in [5, 5.41) is 0. The topological polar surface area (TPSA) is 9.23 Å². The van der Waals surface area contributed by atoms with E-state index >= 15 is 0 Å². The third-order valence-electron chi connectivity index (χ3n) is 2.72. The second kappa shape index (κ2) is 7.85. The predicted octanol–water partition coefficient (Wildman–Crippen LogP) is 4.92. The van der Waals surface area contributed by atoms with Crippen LogP contribution in [0.2, 0.25) is 19.1 Å². The molecule has 0 heterocycles. The maximum Gasteiger partial charge on any atom is 0.191 e. The SMILES string of the molecule is C=CC[Si](C)(C)O[C@@H](CCCCC)C(=C)C. The van der Waals surface area contributed by atoms with Crippen molar-refractivity contribution in [2.24, 2.45) is 0 Å². The van der Waals surface area contributed by atoms with E-state index in [9.17, 15) is 0 Å². The van der Waals surface area contributed by atoms with Gasteiger partial charge in [-0.05, 0) is 32.5 Å². The first-order chi connectivity index (χ1) is 7.43. The van der Waals surface area contributed by atoms with Gasteiger partial charge in [0.2, 0.25) is 0 Å². The number of allylic oxidation sites excluding steroid dienone is 1. The van der Waals surface area contributed by atoms with Crippen LogP contribution < -0.4 is 0 Å². The summed E-state index contributed by atoms with van der Waals surface area (Å²) in [4.78, 5) is 0. The highest BCUT2D eigenvalue weighted by Crippen LogP contribution is 2.21. The van der Waals surface area contributed by atoms with Crippen molar-refractivity contribution in [3.63, 3.8) is 0 Å². The van der Waals surface area contributed by atoms with Crippen LogP contribution in [0.5, 0.6) is 0 Å². The average molecular weight is 240 g/mol. The van der Waals surface area contributed by atoms with E-state index in [1.165, 1.54) is 24.8 Å². The molecule has 16 heavy (non-hydrogen) atoms. The van der Waals surface area contributed by atoms with Crippen LogP contribution in [0, 0.1) is 0 Å². The van der Waals surface area contributed by atoms with Crippen molar-refractivity contribution >= 4 is 8.32 Å². The van der Waals surface area contributed by atoms with Crippen LogP contribution in [0.4, 0.5) is 0 Å². The quantitative estimate of drug-likeness (QED) is 0.316. The van der Waals surface area contributed by atoms with Crippen molar-refractivity contribution in [3.8, 4) is 0 Å². The fourth-order valence-corrected chi connectivity index (χ4v) is 3.65. The van der Waals surface area contributed by atoms with Gasteiger partial charge in [-0.2, -0.15) is 0 Å². The van der Waals surface area contributed by atoms with Gasteiger partial charge in [0.1, 0.15) is 0 Å². The first-order valence-electron chi connectivity index (χ1n) is 6.37. The van der Waals surface area contributed by atoms with Crippen molar-refractivity contribution in [1.82, 2.24) is 0 Å². The average Bonchev–Trinajstić information content (AvgIpc) is 2.16. The Morgan fingerprint density at radius 2 is 2.00 bits per heavy atom. The summed E-state index contributed by atoms with van der Waals surface area (Å²) < 4.78 is 6.25. The Morgan fingerprint density at radius 3 is 2.44 bits per heavy atom. The molecule has 0 unspecified atom stereocenters. The second-order valence-electron chi connectivity index (χ2n) is 5.20. The zero-order valence-corrected chi connectivity index (χ0v) is 12.5. The molecule has 0 aromatic rings. The molecule has 0 aromatic carbocycles. The molecule has 0 aliphatic heterocycles. The summed E-state index contributed by atoms with van der Waals surface area (Å²) >= 11 is 0. The molecule has 0 saturated carbocycles.